The predicted molar refractivity (Wildman–Crippen MR) is 108 cm³/mol. The van der Waals surface area contributed by atoms with Crippen LogP contribution in [0.1, 0.15) is 5.69 Å². The van der Waals surface area contributed by atoms with Crippen LogP contribution < -0.4 is 5.32 Å². The molecule has 12 heteroatoms. The summed E-state index contributed by atoms with van der Waals surface area (Å²) in [6.07, 6.45) is 1.35. The van der Waals surface area contributed by atoms with Crippen LogP contribution in [0, 0.1) is 0 Å². The number of hydrogen-bond donors (Lipinski definition) is 1. The van der Waals surface area contributed by atoms with E-state index in [1.165, 1.54) is 15.5 Å². The van der Waals surface area contributed by atoms with Gasteiger partial charge in [0.05, 0.1) is 12.2 Å². The van der Waals surface area contributed by atoms with Crippen LogP contribution >= 0.6 is 24.0 Å². The Bertz CT molecular complexity index is 699. The number of hydrogen-bond acceptors (Lipinski definition) is 6. The van der Waals surface area contributed by atoms with Gasteiger partial charge in [0.15, 0.2) is 5.96 Å². The van der Waals surface area contributed by atoms with Crippen molar-refractivity contribution < 1.29 is 17.7 Å². The molecule has 2 heterocycles. The van der Waals surface area contributed by atoms with Gasteiger partial charge in [0.25, 0.3) is 0 Å². The van der Waals surface area contributed by atoms with Crippen LogP contribution in [0.4, 0.5) is 0 Å². The van der Waals surface area contributed by atoms with Gasteiger partial charge in [-0.15, -0.1) is 24.0 Å². The second kappa shape index (κ2) is 10.1. The quantitative estimate of drug-likeness (QED) is 0.327. The molecule has 26 heavy (non-hydrogen) atoms. The topological polar surface area (TPSA) is 111 Å². The molecule has 0 radical (unpaired) electrons. The molecule has 0 unspecified atom stereocenters. The third-order valence-electron chi connectivity index (χ3n) is 3.86. The van der Waals surface area contributed by atoms with Crippen molar-refractivity contribution in [1.29, 1.82) is 0 Å². The first-order chi connectivity index (χ1) is 11.8. The standard InChI is InChI=1S/C14H24N6O4S.HI/c1-15-14(16-10-13(21)18(2)3)19-5-7-20(8-6-19)25(22,23)11-12-4-9-24-17-12;/h4,9H,5-8,10-11H2,1-3H3,(H,15,16);1H. The number of halogens is 1. The lowest BCUT2D eigenvalue weighted by Gasteiger charge is -2.35. The van der Waals surface area contributed by atoms with E-state index in [0.717, 1.165) is 0 Å². The molecule has 10 nitrogen and oxygen atoms in total. The molecule has 1 saturated heterocycles. The highest BCUT2D eigenvalue weighted by atomic mass is 127. The molecule has 0 spiro atoms. The number of likely N-dealkylation sites (N-methyl/N-ethyl adjacent to an activating group) is 1. The molecule has 1 N–H and O–H groups in total. The summed E-state index contributed by atoms with van der Waals surface area (Å²) in [7, 11) is 1.57. The van der Waals surface area contributed by atoms with Crippen LogP contribution in [0.5, 0.6) is 0 Å². The molecule has 148 valence electrons. The van der Waals surface area contributed by atoms with Crippen molar-refractivity contribution in [3.05, 3.63) is 18.0 Å². The minimum absolute atomic E-state index is 0. The number of nitrogens with one attached hydrogen (secondary N) is 1. The monoisotopic (exact) mass is 500 g/mol. The van der Waals surface area contributed by atoms with E-state index < -0.39 is 10.0 Å². The fraction of sp³-hybridized carbons (Fsp3) is 0.643. The van der Waals surface area contributed by atoms with Gasteiger partial charge in [-0.25, -0.2) is 8.42 Å². The zero-order valence-corrected chi connectivity index (χ0v) is 18.2. The smallest absolute Gasteiger partial charge is 0.241 e. The van der Waals surface area contributed by atoms with Gasteiger partial charge in [-0.3, -0.25) is 9.79 Å². The Kier molecular flexibility index (Phi) is 8.76. The van der Waals surface area contributed by atoms with Crippen molar-refractivity contribution in [3.8, 4) is 0 Å². The van der Waals surface area contributed by atoms with Crippen LogP contribution in [-0.4, -0.2) is 93.4 Å². The van der Waals surface area contributed by atoms with Gasteiger partial charge in [-0.2, -0.15) is 4.31 Å². The number of amides is 1. The summed E-state index contributed by atoms with van der Waals surface area (Å²) < 4.78 is 31.0. The van der Waals surface area contributed by atoms with Crippen LogP contribution in [0.15, 0.2) is 21.8 Å². The SMILES string of the molecule is CN=C(NCC(=O)N(C)C)N1CCN(S(=O)(=O)Cc2ccon2)CC1.I. The molecule has 1 aliphatic rings. The molecule has 1 fully saturated rings. The molecule has 2 rings (SSSR count). The maximum absolute atomic E-state index is 12.4. The highest BCUT2D eigenvalue weighted by Crippen LogP contribution is 2.12. The summed E-state index contributed by atoms with van der Waals surface area (Å²) in [6.45, 7) is 1.83. The number of sulfonamides is 1. The molecule has 0 aromatic carbocycles. The number of aromatic nitrogens is 1. The van der Waals surface area contributed by atoms with Crippen molar-refractivity contribution in [2.75, 3.05) is 53.9 Å². The molecule has 0 saturated carbocycles. The summed E-state index contributed by atoms with van der Waals surface area (Å²) in [5, 5.41) is 6.66. The first-order valence-electron chi connectivity index (χ1n) is 7.86. The lowest BCUT2D eigenvalue weighted by atomic mass is 10.4. The maximum atomic E-state index is 12.4. The Labute approximate surface area is 170 Å². The maximum Gasteiger partial charge on any atom is 0.241 e. The van der Waals surface area contributed by atoms with E-state index in [1.807, 2.05) is 4.90 Å². The normalized spacial score (nSPS) is 16.1. The third kappa shape index (κ3) is 6.09. The Balaban J connectivity index is 0.00000338. The Morgan fingerprint density at radius 2 is 2.00 bits per heavy atom. The van der Waals surface area contributed by atoms with Crippen LogP contribution in [0.25, 0.3) is 0 Å². The number of guanidine groups is 1. The molecule has 1 aromatic rings. The summed E-state index contributed by atoms with van der Waals surface area (Å²) in [4.78, 5) is 19.3. The van der Waals surface area contributed by atoms with Crippen molar-refractivity contribution in [2.45, 2.75) is 5.75 Å². The van der Waals surface area contributed by atoms with Crippen molar-refractivity contribution in [1.82, 2.24) is 24.6 Å². The van der Waals surface area contributed by atoms with Crippen LogP contribution in [0.2, 0.25) is 0 Å². The molecular weight excluding hydrogens is 475 g/mol. The highest BCUT2D eigenvalue weighted by Gasteiger charge is 2.29. The summed E-state index contributed by atoms with van der Waals surface area (Å²) in [6, 6.07) is 1.54. The average Bonchev–Trinajstić information content (AvgIpc) is 3.07. The van der Waals surface area contributed by atoms with Gasteiger partial charge in [0.2, 0.25) is 15.9 Å². The predicted octanol–water partition coefficient (Wildman–Crippen LogP) is -0.596. The first-order valence-corrected chi connectivity index (χ1v) is 9.47. The number of carbonyl (C=O) groups excluding carboxylic acids is 1. The van der Waals surface area contributed by atoms with Gasteiger partial charge in [-0.1, -0.05) is 5.16 Å². The van der Waals surface area contributed by atoms with E-state index >= 15 is 0 Å². The van der Waals surface area contributed by atoms with Crippen molar-refractivity contribution in [3.63, 3.8) is 0 Å². The largest absolute Gasteiger partial charge is 0.364 e. The average molecular weight is 500 g/mol. The highest BCUT2D eigenvalue weighted by molar-refractivity contribution is 14.0. The third-order valence-corrected chi connectivity index (χ3v) is 5.67. The summed E-state index contributed by atoms with van der Waals surface area (Å²) in [5.41, 5.74) is 0.391. The number of piperazine rings is 1. The number of carbonyl (C=O) groups is 1. The van der Waals surface area contributed by atoms with Gasteiger partial charge >= 0.3 is 0 Å². The van der Waals surface area contributed by atoms with E-state index in [1.54, 1.807) is 27.2 Å². The van der Waals surface area contributed by atoms with E-state index in [4.69, 9.17) is 0 Å². The molecule has 1 aromatic heterocycles. The minimum atomic E-state index is -3.44. The Hall–Kier alpha value is -1.41. The summed E-state index contributed by atoms with van der Waals surface area (Å²) >= 11 is 0. The van der Waals surface area contributed by atoms with Gasteiger partial charge in [0, 0.05) is 53.4 Å². The second-order valence-corrected chi connectivity index (χ2v) is 7.79. The van der Waals surface area contributed by atoms with Crippen LogP contribution in [-0.2, 0) is 20.6 Å². The molecule has 1 amide bonds. The van der Waals surface area contributed by atoms with Crippen molar-refractivity contribution >= 4 is 45.9 Å². The Morgan fingerprint density at radius 3 is 2.50 bits per heavy atom. The lowest BCUT2D eigenvalue weighted by molar-refractivity contribution is -0.127. The molecule has 0 bridgehead atoms. The fourth-order valence-corrected chi connectivity index (χ4v) is 3.84. The lowest BCUT2D eigenvalue weighted by Crippen LogP contribution is -2.54. The van der Waals surface area contributed by atoms with E-state index in [9.17, 15) is 13.2 Å². The van der Waals surface area contributed by atoms with Gasteiger partial charge < -0.3 is 19.6 Å². The first kappa shape index (κ1) is 22.6. The molecule has 1 aliphatic heterocycles. The zero-order chi connectivity index (χ0) is 18.4. The summed E-state index contributed by atoms with van der Waals surface area (Å²) in [5.74, 6) is 0.354. The van der Waals surface area contributed by atoms with E-state index in [-0.39, 0.29) is 42.2 Å². The van der Waals surface area contributed by atoms with Crippen molar-refractivity contribution in [2.24, 2.45) is 4.99 Å². The Morgan fingerprint density at radius 1 is 1.35 bits per heavy atom. The van der Waals surface area contributed by atoms with Crippen LogP contribution in [0.3, 0.4) is 0 Å². The van der Waals surface area contributed by atoms with E-state index in [2.05, 4.69) is 20.0 Å². The number of rotatable bonds is 5. The minimum Gasteiger partial charge on any atom is -0.364 e. The molecular formula is C14H25IN6O4S. The van der Waals surface area contributed by atoms with E-state index in [0.29, 0.717) is 37.8 Å². The van der Waals surface area contributed by atoms with Gasteiger partial charge in [-0.05, 0) is 0 Å². The number of aliphatic imine (C=N–C) groups is 1. The fourth-order valence-electron chi connectivity index (χ4n) is 2.41. The number of nitrogens with zero attached hydrogens (tertiary/aromatic N) is 5. The zero-order valence-electron chi connectivity index (χ0n) is 15.1. The molecule has 0 aliphatic carbocycles. The molecule has 0 atom stereocenters. The second-order valence-electron chi connectivity index (χ2n) is 5.82. The van der Waals surface area contributed by atoms with Gasteiger partial charge in [0.1, 0.15) is 12.0 Å².